The van der Waals surface area contributed by atoms with Gasteiger partial charge in [-0.3, -0.25) is 0 Å². The minimum Gasteiger partial charge on any atom is -0.403 e. The molecule has 2 heteroatoms. The van der Waals surface area contributed by atoms with Gasteiger partial charge in [0.2, 0.25) is 0 Å². The Bertz CT molecular complexity index is 714. The van der Waals surface area contributed by atoms with Crippen molar-refractivity contribution < 1.29 is 4.43 Å². The molecule has 0 saturated heterocycles. The Morgan fingerprint density at radius 1 is 0.708 bits per heavy atom. The van der Waals surface area contributed by atoms with Crippen LogP contribution in [0.4, 0.5) is 0 Å². The Hall–Kier alpha value is -2.42. The Morgan fingerprint density at radius 2 is 1.17 bits per heavy atom. The van der Waals surface area contributed by atoms with Gasteiger partial charge < -0.3 is 4.43 Å². The van der Waals surface area contributed by atoms with Crippen LogP contribution >= 0.6 is 0 Å². The topological polar surface area (TPSA) is 9.23 Å². The zero-order chi connectivity index (χ0) is 16.7. The van der Waals surface area contributed by atoms with E-state index < -0.39 is 8.32 Å². The van der Waals surface area contributed by atoms with Crippen LogP contribution in [0.5, 0.6) is 0 Å². The number of hydrogen-bond donors (Lipinski definition) is 0. The van der Waals surface area contributed by atoms with Crippen molar-refractivity contribution in [3.63, 3.8) is 0 Å². The summed E-state index contributed by atoms with van der Waals surface area (Å²) in [5, 5.41) is 2.57. The standard InChI is InChI=1S/C22H22OSi/c1-2-18-24(21-14-8-4-9-15-21,22-16-10-5-11-17-22)23-19-20-12-6-3-7-13-20/h2-17H,1,18-19H2. The van der Waals surface area contributed by atoms with Crippen LogP contribution < -0.4 is 10.4 Å². The van der Waals surface area contributed by atoms with Crippen molar-refractivity contribution >= 4 is 18.7 Å². The third kappa shape index (κ3) is 3.56. The van der Waals surface area contributed by atoms with E-state index in [-0.39, 0.29) is 0 Å². The summed E-state index contributed by atoms with van der Waals surface area (Å²) in [6.45, 7) is 4.62. The lowest BCUT2D eigenvalue weighted by Gasteiger charge is -2.31. The Labute approximate surface area is 145 Å². The summed E-state index contributed by atoms with van der Waals surface area (Å²) in [6, 6.07) is 32.5. The van der Waals surface area contributed by atoms with Crippen LogP contribution in [0.3, 0.4) is 0 Å². The van der Waals surface area contributed by atoms with Gasteiger partial charge in [-0.2, -0.15) is 0 Å². The molecule has 0 atom stereocenters. The highest BCUT2D eigenvalue weighted by molar-refractivity contribution is 6.97. The molecule has 24 heavy (non-hydrogen) atoms. The molecule has 0 fully saturated rings. The number of allylic oxidation sites excluding steroid dienone is 1. The van der Waals surface area contributed by atoms with Gasteiger partial charge in [0.25, 0.3) is 8.32 Å². The lowest BCUT2D eigenvalue weighted by atomic mass is 10.2. The van der Waals surface area contributed by atoms with Gasteiger partial charge >= 0.3 is 0 Å². The fourth-order valence-electron chi connectivity index (χ4n) is 3.03. The van der Waals surface area contributed by atoms with Gasteiger partial charge in [0, 0.05) is 0 Å². The van der Waals surface area contributed by atoms with Gasteiger partial charge in [-0.25, -0.2) is 0 Å². The van der Waals surface area contributed by atoms with E-state index in [2.05, 4.69) is 91.5 Å². The summed E-state index contributed by atoms with van der Waals surface area (Å²) in [7, 11) is -2.35. The van der Waals surface area contributed by atoms with Crippen LogP contribution in [0.1, 0.15) is 5.56 Å². The van der Waals surface area contributed by atoms with E-state index in [0.717, 1.165) is 6.04 Å². The summed E-state index contributed by atoms with van der Waals surface area (Å²) in [5.74, 6) is 0. The maximum Gasteiger partial charge on any atom is 0.259 e. The second-order valence-electron chi connectivity index (χ2n) is 5.83. The van der Waals surface area contributed by atoms with Crippen molar-refractivity contribution in [2.75, 3.05) is 0 Å². The van der Waals surface area contributed by atoms with E-state index in [9.17, 15) is 0 Å². The molecule has 0 bridgehead atoms. The highest BCUT2D eigenvalue weighted by Crippen LogP contribution is 2.16. The normalized spacial score (nSPS) is 11.2. The first-order chi connectivity index (χ1) is 11.8. The maximum atomic E-state index is 6.70. The van der Waals surface area contributed by atoms with E-state index in [1.54, 1.807) is 0 Å². The fourth-order valence-corrected chi connectivity index (χ4v) is 6.56. The van der Waals surface area contributed by atoms with E-state index in [1.807, 2.05) is 12.1 Å². The van der Waals surface area contributed by atoms with E-state index in [0.29, 0.717) is 6.61 Å². The molecule has 1 nitrogen and oxygen atoms in total. The molecule has 3 aromatic rings. The number of benzene rings is 3. The molecule has 0 aliphatic carbocycles. The number of hydrogen-bond acceptors (Lipinski definition) is 1. The van der Waals surface area contributed by atoms with Gasteiger partial charge in [-0.1, -0.05) is 97.1 Å². The monoisotopic (exact) mass is 330 g/mol. The molecule has 0 spiro atoms. The molecule has 0 radical (unpaired) electrons. The number of rotatable bonds is 7. The summed E-state index contributed by atoms with van der Waals surface area (Å²) in [6.07, 6.45) is 2.00. The van der Waals surface area contributed by atoms with E-state index in [4.69, 9.17) is 4.43 Å². The Balaban J connectivity index is 2.03. The van der Waals surface area contributed by atoms with Gasteiger partial charge in [-0.15, -0.1) is 6.58 Å². The van der Waals surface area contributed by atoms with Crippen molar-refractivity contribution in [2.45, 2.75) is 12.7 Å². The molecule has 3 rings (SSSR count). The Morgan fingerprint density at radius 3 is 1.62 bits per heavy atom. The van der Waals surface area contributed by atoms with Crippen molar-refractivity contribution in [2.24, 2.45) is 0 Å². The van der Waals surface area contributed by atoms with Crippen LogP contribution in [0.25, 0.3) is 0 Å². The zero-order valence-corrected chi connectivity index (χ0v) is 14.8. The van der Waals surface area contributed by atoms with Gasteiger partial charge in [0.15, 0.2) is 0 Å². The van der Waals surface area contributed by atoms with Crippen molar-refractivity contribution in [3.8, 4) is 0 Å². The van der Waals surface area contributed by atoms with Crippen molar-refractivity contribution in [1.29, 1.82) is 0 Å². The lowest BCUT2D eigenvalue weighted by Crippen LogP contribution is -2.60. The molecular weight excluding hydrogens is 308 g/mol. The van der Waals surface area contributed by atoms with E-state index >= 15 is 0 Å². The Kier molecular flexibility index (Phi) is 5.42. The summed E-state index contributed by atoms with van der Waals surface area (Å²) < 4.78 is 6.70. The molecule has 0 aliphatic heterocycles. The van der Waals surface area contributed by atoms with Crippen LogP contribution in [-0.2, 0) is 11.0 Å². The molecule has 0 N–H and O–H groups in total. The maximum absolute atomic E-state index is 6.70. The molecule has 0 heterocycles. The van der Waals surface area contributed by atoms with Gasteiger partial charge in [0.1, 0.15) is 0 Å². The first-order valence-corrected chi connectivity index (χ1v) is 10.4. The average molecular weight is 331 g/mol. The predicted octanol–water partition coefficient (Wildman–Crippen LogP) is 4.15. The van der Waals surface area contributed by atoms with Crippen LogP contribution in [-0.4, -0.2) is 8.32 Å². The largest absolute Gasteiger partial charge is 0.403 e. The zero-order valence-electron chi connectivity index (χ0n) is 13.8. The SMILES string of the molecule is C=CC[Si](OCc1ccccc1)(c1ccccc1)c1ccccc1. The highest BCUT2D eigenvalue weighted by Gasteiger charge is 2.38. The molecular formula is C22H22OSi. The molecule has 0 aliphatic rings. The third-order valence-corrected chi connectivity index (χ3v) is 8.27. The van der Waals surface area contributed by atoms with Crippen LogP contribution in [0.15, 0.2) is 104 Å². The predicted molar refractivity (Wildman–Crippen MR) is 104 cm³/mol. The summed E-state index contributed by atoms with van der Waals surface area (Å²) in [5.41, 5.74) is 1.20. The fraction of sp³-hybridized carbons (Fsp3) is 0.0909. The van der Waals surface area contributed by atoms with Gasteiger partial charge in [0.05, 0.1) is 6.61 Å². The second kappa shape index (κ2) is 7.91. The molecule has 0 amide bonds. The third-order valence-electron chi connectivity index (χ3n) is 4.24. The van der Waals surface area contributed by atoms with Crippen molar-refractivity contribution in [1.82, 2.24) is 0 Å². The molecule has 120 valence electrons. The first kappa shape index (κ1) is 16.4. The van der Waals surface area contributed by atoms with Gasteiger partial charge in [-0.05, 0) is 22.0 Å². The molecule has 0 aromatic heterocycles. The highest BCUT2D eigenvalue weighted by atomic mass is 28.4. The van der Waals surface area contributed by atoms with Crippen LogP contribution in [0.2, 0.25) is 6.04 Å². The molecule has 3 aromatic carbocycles. The minimum absolute atomic E-state index is 0.616. The molecule has 0 saturated carbocycles. The summed E-state index contributed by atoms with van der Waals surface area (Å²) in [4.78, 5) is 0. The van der Waals surface area contributed by atoms with E-state index in [1.165, 1.54) is 15.9 Å². The smallest absolute Gasteiger partial charge is 0.259 e. The molecule has 0 unspecified atom stereocenters. The summed E-state index contributed by atoms with van der Waals surface area (Å²) >= 11 is 0. The lowest BCUT2D eigenvalue weighted by molar-refractivity contribution is 0.305. The minimum atomic E-state index is -2.35. The van der Waals surface area contributed by atoms with Crippen molar-refractivity contribution in [3.05, 3.63) is 109 Å². The first-order valence-electron chi connectivity index (χ1n) is 8.25. The van der Waals surface area contributed by atoms with Crippen LogP contribution in [0, 0.1) is 0 Å². The average Bonchev–Trinajstić information content (AvgIpc) is 2.67. The second-order valence-corrected chi connectivity index (χ2v) is 9.33. The quantitative estimate of drug-likeness (QED) is 0.467.